The number of rotatable bonds is 6. The molecule has 0 spiro atoms. The van der Waals surface area contributed by atoms with Gasteiger partial charge in [-0.2, -0.15) is 0 Å². The molecule has 0 aliphatic rings. The molecule has 17 heavy (non-hydrogen) atoms. The SMILES string of the molecule is COC(=O)c1sccc1NS(=O)(=O)CCCCl. The van der Waals surface area contributed by atoms with Crippen LogP contribution in [-0.4, -0.2) is 33.1 Å². The maximum Gasteiger partial charge on any atom is 0.350 e. The molecule has 5 nitrogen and oxygen atoms in total. The number of ether oxygens (including phenoxy) is 1. The first-order valence-corrected chi connectivity index (χ1v) is 7.79. The van der Waals surface area contributed by atoms with Gasteiger partial charge in [0.1, 0.15) is 4.88 Å². The summed E-state index contributed by atoms with van der Waals surface area (Å²) < 4.78 is 30.1. The maximum absolute atomic E-state index is 11.6. The van der Waals surface area contributed by atoms with Crippen LogP contribution in [0.25, 0.3) is 0 Å². The highest BCUT2D eigenvalue weighted by Crippen LogP contribution is 2.24. The molecule has 0 fully saturated rings. The van der Waals surface area contributed by atoms with Gasteiger partial charge in [-0.3, -0.25) is 4.72 Å². The Labute approximate surface area is 109 Å². The Balaban J connectivity index is 2.82. The summed E-state index contributed by atoms with van der Waals surface area (Å²) in [5, 5.41) is 1.62. The lowest BCUT2D eigenvalue weighted by Gasteiger charge is -2.07. The molecule has 8 heteroatoms. The monoisotopic (exact) mass is 297 g/mol. The second-order valence-electron chi connectivity index (χ2n) is 3.12. The number of hydrogen-bond donors (Lipinski definition) is 1. The topological polar surface area (TPSA) is 72.5 Å². The molecule has 1 rings (SSSR count). The summed E-state index contributed by atoms with van der Waals surface area (Å²) in [6, 6.07) is 1.52. The van der Waals surface area contributed by atoms with Gasteiger partial charge < -0.3 is 4.74 Å². The molecule has 0 bridgehead atoms. The lowest BCUT2D eigenvalue weighted by molar-refractivity contribution is 0.0607. The number of hydrogen-bond acceptors (Lipinski definition) is 5. The Morgan fingerprint density at radius 3 is 2.88 bits per heavy atom. The molecule has 0 unspecified atom stereocenters. The fourth-order valence-electron chi connectivity index (χ4n) is 1.10. The molecule has 0 saturated carbocycles. The van der Waals surface area contributed by atoms with Gasteiger partial charge in [-0.1, -0.05) is 0 Å². The van der Waals surface area contributed by atoms with Gasteiger partial charge in [-0.25, -0.2) is 13.2 Å². The number of alkyl halides is 1. The van der Waals surface area contributed by atoms with Crippen molar-refractivity contribution < 1.29 is 17.9 Å². The second kappa shape index (κ2) is 6.23. The van der Waals surface area contributed by atoms with E-state index in [1.807, 2.05) is 0 Å². The van der Waals surface area contributed by atoms with E-state index in [0.717, 1.165) is 11.3 Å². The van der Waals surface area contributed by atoms with E-state index in [1.165, 1.54) is 13.2 Å². The van der Waals surface area contributed by atoms with Crippen LogP contribution in [0.1, 0.15) is 16.1 Å². The Morgan fingerprint density at radius 1 is 1.59 bits per heavy atom. The zero-order chi connectivity index (χ0) is 12.9. The number of nitrogens with one attached hydrogen (secondary N) is 1. The third-order valence-electron chi connectivity index (χ3n) is 1.85. The number of esters is 1. The van der Waals surface area contributed by atoms with Gasteiger partial charge in [0.05, 0.1) is 18.6 Å². The van der Waals surface area contributed by atoms with Crippen LogP contribution < -0.4 is 4.72 Å². The minimum atomic E-state index is -3.47. The fourth-order valence-corrected chi connectivity index (χ4v) is 3.36. The summed E-state index contributed by atoms with van der Waals surface area (Å²) in [5.41, 5.74) is 0.247. The molecule has 96 valence electrons. The third-order valence-corrected chi connectivity index (χ3v) is 4.37. The van der Waals surface area contributed by atoms with Crippen molar-refractivity contribution in [2.45, 2.75) is 6.42 Å². The first-order valence-electron chi connectivity index (χ1n) is 4.72. The van der Waals surface area contributed by atoms with E-state index in [4.69, 9.17) is 11.6 Å². The summed E-state index contributed by atoms with van der Waals surface area (Å²) in [6.07, 6.45) is 0.356. The van der Waals surface area contributed by atoms with Gasteiger partial charge in [-0.05, 0) is 17.9 Å². The molecule has 0 radical (unpaired) electrons. The summed E-state index contributed by atoms with van der Waals surface area (Å²) >= 11 is 6.55. The van der Waals surface area contributed by atoms with Crippen molar-refractivity contribution in [1.29, 1.82) is 0 Å². The lowest BCUT2D eigenvalue weighted by Crippen LogP contribution is -2.18. The Bertz CT molecular complexity index is 483. The Morgan fingerprint density at radius 2 is 2.29 bits per heavy atom. The Kier molecular flexibility index (Phi) is 5.23. The van der Waals surface area contributed by atoms with Gasteiger partial charge in [0, 0.05) is 5.88 Å². The average Bonchev–Trinajstić information content (AvgIpc) is 2.72. The molecule has 0 aliphatic heterocycles. The zero-order valence-corrected chi connectivity index (χ0v) is 11.5. The van der Waals surface area contributed by atoms with Crippen molar-refractivity contribution in [3.63, 3.8) is 0 Å². The van der Waals surface area contributed by atoms with E-state index in [2.05, 4.69) is 9.46 Å². The van der Waals surface area contributed by atoms with Gasteiger partial charge in [0.15, 0.2) is 0 Å². The van der Waals surface area contributed by atoms with Crippen LogP contribution in [0, 0.1) is 0 Å². The van der Waals surface area contributed by atoms with E-state index in [9.17, 15) is 13.2 Å². The van der Waals surface area contributed by atoms with Crippen LogP contribution in [-0.2, 0) is 14.8 Å². The van der Waals surface area contributed by atoms with Crippen LogP contribution in [0.15, 0.2) is 11.4 Å². The van der Waals surface area contributed by atoms with E-state index in [-0.39, 0.29) is 22.2 Å². The standard InChI is InChI=1S/C9H12ClNO4S2/c1-15-9(12)8-7(3-5-16-8)11-17(13,14)6-2-4-10/h3,5,11H,2,4,6H2,1H3. The van der Waals surface area contributed by atoms with E-state index >= 15 is 0 Å². The zero-order valence-electron chi connectivity index (χ0n) is 9.10. The third kappa shape index (κ3) is 4.18. The quantitative estimate of drug-likeness (QED) is 0.643. The van der Waals surface area contributed by atoms with Crippen molar-refractivity contribution in [3.8, 4) is 0 Å². The van der Waals surface area contributed by atoms with Crippen molar-refractivity contribution in [2.24, 2.45) is 0 Å². The van der Waals surface area contributed by atoms with Gasteiger partial charge >= 0.3 is 5.97 Å². The highest BCUT2D eigenvalue weighted by molar-refractivity contribution is 7.92. The number of carbonyl (C=O) groups is 1. The fraction of sp³-hybridized carbons (Fsp3) is 0.444. The van der Waals surface area contributed by atoms with E-state index < -0.39 is 16.0 Å². The molecule has 0 aliphatic carbocycles. The van der Waals surface area contributed by atoms with Gasteiger partial charge in [0.25, 0.3) is 0 Å². The number of sulfonamides is 1. The first-order chi connectivity index (χ1) is 8.00. The van der Waals surface area contributed by atoms with Crippen molar-refractivity contribution in [2.75, 3.05) is 23.5 Å². The minimum absolute atomic E-state index is 0.0764. The largest absolute Gasteiger partial charge is 0.465 e. The first kappa shape index (κ1) is 14.3. The van der Waals surface area contributed by atoms with E-state index in [1.54, 1.807) is 5.38 Å². The molecule has 0 atom stereocenters. The number of carbonyl (C=O) groups excluding carboxylic acids is 1. The number of methoxy groups -OCH3 is 1. The maximum atomic E-state index is 11.6. The van der Waals surface area contributed by atoms with Crippen LogP contribution in [0.3, 0.4) is 0 Å². The number of thiophene rings is 1. The molecular weight excluding hydrogens is 286 g/mol. The van der Waals surface area contributed by atoms with Gasteiger partial charge in [-0.15, -0.1) is 22.9 Å². The summed E-state index contributed by atoms with van der Waals surface area (Å²) in [4.78, 5) is 11.6. The van der Waals surface area contributed by atoms with Crippen molar-refractivity contribution in [3.05, 3.63) is 16.3 Å². The Hall–Kier alpha value is -0.790. The lowest BCUT2D eigenvalue weighted by atomic mass is 10.4. The molecule has 1 heterocycles. The van der Waals surface area contributed by atoms with Crippen LogP contribution in [0.2, 0.25) is 0 Å². The summed E-state index contributed by atoms with van der Waals surface area (Å²) in [6.45, 7) is 0. The van der Waals surface area contributed by atoms with E-state index in [0.29, 0.717) is 6.42 Å². The predicted molar refractivity (Wildman–Crippen MR) is 68.4 cm³/mol. The van der Waals surface area contributed by atoms with Crippen LogP contribution in [0.5, 0.6) is 0 Å². The molecule has 1 aromatic rings. The molecule has 1 aromatic heterocycles. The second-order valence-corrected chi connectivity index (χ2v) is 6.25. The van der Waals surface area contributed by atoms with Gasteiger partial charge in [0.2, 0.25) is 10.0 Å². The minimum Gasteiger partial charge on any atom is -0.465 e. The summed E-state index contributed by atoms with van der Waals surface area (Å²) in [5.74, 6) is -0.364. The smallest absolute Gasteiger partial charge is 0.350 e. The molecule has 0 aromatic carbocycles. The highest BCUT2D eigenvalue weighted by atomic mass is 35.5. The highest BCUT2D eigenvalue weighted by Gasteiger charge is 2.18. The predicted octanol–water partition coefficient (Wildman–Crippen LogP) is 1.91. The average molecular weight is 298 g/mol. The molecule has 1 N–H and O–H groups in total. The number of anilines is 1. The van der Waals surface area contributed by atoms with Crippen LogP contribution >= 0.6 is 22.9 Å². The van der Waals surface area contributed by atoms with Crippen molar-refractivity contribution in [1.82, 2.24) is 0 Å². The summed E-state index contributed by atoms with van der Waals surface area (Å²) in [7, 11) is -2.22. The number of halogens is 1. The molecule has 0 amide bonds. The molecular formula is C9H12ClNO4S2. The molecule has 0 saturated heterocycles. The van der Waals surface area contributed by atoms with Crippen molar-refractivity contribution >= 4 is 44.6 Å². The van der Waals surface area contributed by atoms with Crippen LogP contribution in [0.4, 0.5) is 5.69 Å². The normalized spacial score (nSPS) is 11.2.